The number of fused-ring (bicyclic) bond motifs is 1. The molecule has 5 rings (SSSR count). The van der Waals surface area contributed by atoms with Crippen molar-refractivity contribution < 1.29 is 22.5 Å². The lowest BCUT2D eigenvalue weighted by molar-refractivity contribution is -0.117. The first-order chi connectivity index (χ1) is 18.7. The topological polar surface area (TPSA) is 125 Å². The fourth-order valence-electron chi connectivity index (χ4n) is 4.27. The van der Waals surface area contributed by atoms with Crippen LogP contribution in [0.4, 0.5) is 10.8 Å². The predicted octanol–water partition coefficient (Wildman–Crippen LogP) is 5.81. The number of para-hydroxylation sites is 1. The summed E-state index contributed by atoms with van der Waals surface area (Å²) in [6.07, 6.45) is 1.69. The Morgan fingerprint density at radius 1 is 1.13 bits per heavy atom. The van der Waals surface area contributed by atoms with Gasteiger partial charge in [0, 0.05) is 39.5 Å². The summed E-state index contributed by atoms with van der Waals surface area (Å²) >= 11 is 7.20. The Bertz CT molecular complexity index is 1720. The van der Waals surface area contributed by atoms with E-state index in [1.807, 2.05) is 36.4 Å². The quantitative estimate of drug-likeness (QED) is 0.188. The van der Waals surface area contributed by atoms with Gasteiger partial charge in [-0.15, -0.1) is 11.3 Å². The summed E-state index contributed by atoms with van der Waals surface area (Å²) in [5, 5.41) is 6.01. The number of amides is 1. The third-order valence-corrected chi connectivity index (χ3v) is 8.10. The van der Waals surface area contributed by atoms with Gasteiger partial charge in [-0.05, 0) is 60.2 Å². The average molecular weight is 583 g/mol. The van der Waals surface area contributed by atoms with E-state index in [1.165, 1.54) is 35.6 Å². The van der Waals surface area contributed by atoms with E-state index in [0.717, 1.165) is 16.5 Å². The standard InChI is InChI=1S/C27H23ClN4O5S2/c1-37-21-12-6-17(7-13-21)24-16-38-27(30-24)31-26(33)25(14-18-15-29-23-5-3-2-4-22(18)23)32(39(34,35)36)20-10-8-19(28)9-11-20/h2-13,15-16,25,29H,14H2,1H3,(H,30,31,33)(H,34,35,36)/t25-/m0/s1. The van der Waals surface area contributed by atoms with Gasteiger partial charge in [-0.3, -0.25) is 9.35 Å². The van der Waals surface area contributed by atoms with Gasteiger partial charge in [0.1, 0.15) is 11.8 Å². The van der Waals surface area contributed by atoms with Crippen LogP contribution in [0.3, 0.4) is 0 Å². The lowest BCUT2D eigenvalue weighted by Crippen LogP contribution is -2.48. The highest BCUT2D eigenvalue weighted by molar-refractivity contribution is 7.87. The third kappa shape index (κ3) is 5.91. The molecule has 0 bridgehead atoms. The number of rotatable bonds is 9. The van der Waals surface area contributed by atoms with E-state index in [4.69, 9.17) is 16.3 Å². The highest BCUT2D eigenvalue weighted by atomic mass is 35.5. The number of aromatic nitrogens is 2. The van der Waals surface area contributed by atoms with Gasteiger partial charge in [0.2, 0.25) is 5.91 Å². The highest BCUT2D eigenvalue weighted by Gasteiger charge is 2.35. The van der Waals surface area contributed by atoms with Crippen molar-refractivity contribution in [2.75, 3.05) is 16.7 Å². The van der Waals surface area contributed by atoms with Crippen molar-refractivity contribution in [3.8, 4) is 17.0 Å². The summed E-state index contributed by atoms with van der Waals surface area (Å²) in [6, 6.07) is 19.2. The Morgan fingerprint density at radius 3 is 2.54 bits per heavy atom. The first-order valence-electron chi connectivity index (χ1n) is 11.7. The van der Waals surface area contributed by atoms with Gasteiger partial charge < -0.3 is 15.0 Å². The summed E-state index contributed by atoms with van der Waals surface area (Å²) in [5.41, 5.74) is 3.08. The number of benzene rings is 3. The molecule has 2 aromatic heterocycles. The van der Waals surface area contributed by atoms with Crippen LogP contribution in [0.5, 0.6) is 5.75 Å². The Kier molecular flexibility index (Phi) is 7.58. The molecule has 0 aliphatic heterocycles. The SMILES string of the molecule is COc1ccc(-c2csc(NC(=O)[C@H](Cc3c[nH]c4ccccc34)N(c3ccc(Cl)cc3)S(=O)(=O)O)n2)cc1. The van der Waals surface area contributed by atoms with Crippen molar-refractivity contribution in [3.05, 3.63) is 95.0 Å². The summed E-state index contributed by atoms with van der Waals surface area (Å²) in [5.74, 6) is 0.0404. The largest absolute Gasteiger partial charge is 0.497 e. The van der Waals surface area contributed by atoms with Gasteiger partial charge in [-0.1, -0.05) is 29.8 Å². The molecule has 0 aliphatic carbocycles. The maximum Gasteiger partial charge on any atom is 0.360 e. The number of methoxy groups -OCH3 is 1. The van der Waals surface area contributed by atoms with Gasteiger partial charge >= 0.3 is 10.3 Å². The van der Waals surface area contributed by atoms with E-state index in [0.29, 0.717) is 26.3 Å². The number of carbonyl (C=O) groups is 1. The smallest absolute Gasteiger partial charge is 0.360 e. The van der Waals surface area contributed by atoms with Crippen LogP contribution in [0.2, 0.25) is 5.02 Å². The van der Waals surface area contributed by atoms with Gasteiger partial charge in [0.05, 0.1) is 18.5 Å². The summed E-state index contributed by atoms with van der Waals surface area (Å²) in [4.78, 5) is 21.4. The molecule has 9 nitrogen and oxygen atoms in total. The molecule has 0 spiro atoms. The minimum absolute atomic E-state index is 0.0328. The van der Waals surface area contributed by atoms with Gasteiger partial charge in [0.25, 0.3) is 0 Å². The second-order valence-electron chi connectivity index (χ2n) is 8.59. The number of hydrogen-bond acceptors (Lipinski definition) is 6. The summed E-state index contributed by atoms with van der Waals surface area (Å²) in [7, 11) is -3.30. The number of hydrogen-bond donors (Lipinski definition) is 3. The zero-order chi connectivity index (χ0) is 27.6. The van der Waals surface area contributed by atoms with Crippen LogP contribution in [-0.2, 0) is 21.5 Å². The fourth-order valence-corrected chi connectivity index (χ4v) is 6.00. The maximum atomic E-state index is 13.7. The number of nitrogens with one attached hydrogen (secondary N) is 2. The normalized spacial score (nSPS) is 12.3. The van der Waals surface area contributed by atoms with E-state index in [1.54, 1.807) is 30.8 Å². The average Bonchev–Trinajstić information content (AvgIpc) is 3.56. The maximum absolute atomic E-state index is 13.7. The molecule has 0 fully saturated rings. The zero-order valence-corrected chi connectivity index (χ0v) is 22.9. The monoisotopic (exact) mass is 582 g/mol. The molecular formula is C27H23ClN4O5S2. The number of anilines is 2. The molecule has 1 atom stereocenters. The zero-order valence-electron chi connectivity index (χ0n) is 20.5. The molecule has 2 heterocycles. The Hall–Kier alpha value is -3.90. The van der Waals surface area contributed by atoms with Gasteiger partial charge in [-0.25, -0.2) is 9.29 Å². The molecular weight excluding hydrogens is 560 g/mol. The summed E-state index contributed by atoms with van der Waals surface area (Å²) in [6.45, 7) is 0. The Labute approximate surface area is 233 Å². The molecule has 0 saturated carbocycles. The van der Waals surface area contributed by atoms with Crippen LogP contribution < -0.4 is 14.4 Å². The predicted molar refractivity (Wildman–Crippen MR) is 154 cm³/mol. The van der Waals surface area contributed by atoms with Crippen molar-refractivity contribution >= 4 is 60.9 Å². The number of aromatic amines is 1. The molecule has 5 aromatic rings. The summed E-state index contributed by atoms with van der Waals surface area (Å²) < 4.78 is 41.5. The van der Waals surface area contributed by atoms with E-state index < -0.39 is 22.3 Å². The number of carbonyl (C=O) groups excluding carboxylic acids is 1. The van der Waals surface area contributed by atoms with E-state index in [-0.39, 0.29) is 17.2 Å². The van der Waals surface area contributed by atoms with Crippen molar-refractivity contribution in [3.63, 3.8) is 0 Å². The minimum Gasteiger partial charge on any atom is -0.497 e. The minimum atomic E-state index is -4.88. The molecule has 0 radical (unpaired) electrons. The molecule has 39 heavy (non-hydrogen) atoms. The molecule has 0 unspecified atom stereocenters. The van der Waals surface area contributed by atoms with Gasteiger partial charge in [-0.2, -0.15) is 8.42 Å². The molecule has 1 amide bonds. The highest BCUT2D eigenvalue weighted by Crippen LogP contribution is 2.30. The molecule has 200 valence electrons. The number of nitrogens with zero attached hydrogens (tertiary/aromatic N) is 2. The van der Waals surface area contributed by atoms with E-state index in [2.05, 4.69) is 15.3 Å². The number of H-pyrrole nitrogens is 1. The van der Waals surface area contributed by atoms with Crippen molar-refractivity contribution in [1.29, 1.82) is 0 Å². The van der Waals surface area contributed by atoms with Gasteiger partial charge in [0.15, 0.2) is 5.13 Å². The molecule has 12 heteroatoms. The lowest BCUT2D eigenvalue weighted by atomic mass is 10.0. The van der Waals surface area contributed by atoms with Crippen LogP contribution in [0, 0.1) is 0 Å². The van der Waals surface area contributed by atoms with Crippen LogP contribution in [0.1, 0.15) is 5.56 Å². The van der Waals surface area contributed by atoms with Crippen LogP contribution in [-0.4, -0.2) is 42.0 Å². The molecule has 3 N–H and O–H groups in total. The fraction of sp³-hybridized carbons (Fsp3) is 0.111. The van der Waals surface area contributed by atoms with Crippen molar-refractivity contribution in [2.24, 2.45) is 0 Å². The van der Waals surface area contributed by atoms with Crippen LogP contribution in [0.15, 0.2) is 84.4 Å². The second-order valence-corrected chi connectivity index (χ2v) is 11.2. The van der Waals surface area contributed by atoms with Crippen molar-refractivity contribution in [2.45, 2.75) is 12.5 Å². The number of ether oxygens (including phenoxy) is 1. The Morgan fingerprint density at radius 2 is 1.85 bits per heavy atom. The van der Waals surface area contributed by atoms with E-state index >= 15 is 0 Å². The van der Waals surface area contributed by atoms with Crippen LogP contribution in [0.25, 0.3) is 22.2 Å². The number of halogens is 1. The van der Waals surface area contributed by atoms with Crippen molar-refractivity contribution in [1.82, 2.24) is 9.97 Å². The molecule has 0 aliphatic rings. The first kappa shape index (κ1) is 26.7. The lowest BCUT2D eigenvalue weighted by Gasteiger charge is -2.29. The third-order valence-electron chi connectivity index (χ3n) is 6.12. The molecule has 3 aromatic carbocycles. The van der Waals surface area contributed by atoms with Crippen LogP contribution >= 0.6 is 22.9 Å². The second kappa shape index (κ2) is 11.1. The molecule has 0 saturated heterocycles. The number of thiazole rings is 1. The Balaban J connectivity index is 1.50. The first-order valence-corrected chi connectivity index (χ1v) is 14.4. The van der Waals surface area contributed by atoms with E-state index in [9.17, 15) is 17.8 Å².